The smallest absolute Gasteiger partial charge is 0.327 e. The lowest BCUT2D eigenvalue weighted by Gasteiger charge is -2.13. The third-order valence-corrected chi connectivity index (χ3v) is 3.40. The fraction of sp³-hybridized carbons (Fsp3) is 0.294. The van der Waals surface area contributed by atoms with Crippen molar-refractivity contribution < 1.29 is 13.2 Å². The molecule has 4 heteroatoms. The van der Waals surface area contributed by atoms with Crippen LogP contribution in [0.15, 0.2) is 48.5 Å². The van der Waals surface area contributed by atoms with Crippen LogP contribution in [0.1, 0.15) is 22.3 Å². The van der Waals surface area contributed by atoms with E-state index in [2.05, 4.69) is 0 Å². The number of hydrogen-bond donors (Lipinski definition) is 1. The Morgan fingerprint density at radius 2 is 1.29 bits per heavy atom. The van der Waals surface area contributed by atoms with Crippen molar-refractivity contribution in [2.24, 2.45) is 5.73 Å². The summed E-state index contributed by atoms with van der Waals surface area (Å²) in [6.45, 7) is 2.02. The lowest BCUT2D eigenvalue weighted by atomic mass is 9.98. The standard InChI is InChI=1S/C17H18F3N/c1-12-2-4-13(5-3-12)10-16(21)11-14-6-8-15(9-7-14)17(18,19)20/h2-9,16H,10-11,21H2,1H3. The lowest BCUT2D eigenvalue weighted by molar-refractivity contribution is -0.137. The zero-order valence-electron chi connectivity index (χ0n) is 11.8. The van der Waals surface area contributed by atoms with Crippen LogP contribution in [0, 0.1) is 6.92 Å². The third-order valence-electron chi connectivity index (χ3n) is 3.40. The molecular formula is C17H18F3N. The van der Waals surface area contributed by atoms with E-state index in [0.29, 0.717) is 12.8 Å². The minimum atomic E-state index is -4.29. The van der Waals surface area contributed by atoms with Gasteiger partial charge in [-0.15, -0.1) is 0 Å². The number of hydrogen-bond acceptors (Lipinski definition) is 1. The van der Waals surface area contributed by atoms with Gasteiger partial charge < -0.3 is 5.73 Å². The monoisotopic (exact) mass is 293 g/mol. The van der Waals surface area contributed by atoms with Crippen LogP contribution < -0.4 is 5.73 Å². The van der Waals surface area contributed by atoms with E-state index in [1.54, 1.807) is 0 Å². The molecule has 0 saturated carbocycles. The van der Waals surface area contributed by atoms with E-state index in [0.717, 1.165) is 23.3 Å². The Labute approximate surface area is 122 Å². The van der Waals surface area contributed by atoms with Gasteiger partial charge in [-0.3, -0.25) is 0 Å². The van der Waals surface area contributed by atoms with Crippen LogP contribution in [-0.4, -0.2) is 6.04 Å². The van der Waals surface area contributed by atoms with Crippen molar-refractivity contribution in [1.29, 1.82) is 0 Å². The van der Waals surface area contributed by atoms with Gasteiger partial charge in [0.15, 0.2) is 0 Å². The van der Waals surface area contributed by atoms with Crippen LogP contribution >= 0.6 is 0 Å². The van der Waals surface area contributed by atoms with Crippen molar-refractivity contribution in [3.63, 3.8) is 0 Å². The first kappa shape index (κ1) is 15.6. The molecular weight excluding hydrogens is 275 g/mol. The number of alkyl halides is 3. The minimum absolute atomic E-state index is 0.107. The topological polar surface area (TPSA) is 26.0 Å². The van der Waals surface area contributed by atoms with E-state index in [9.17, 15) is 13.2 Å². The van der Waals surface area contributed by atoms with Gasteiger partial charge in [-0.1, -0.05) is 42.0 Å². The maximum absolute atomic E-state index is 12.5. The summed E-state index contributed by atoms with van der Waals surface area (Å²) in [5.41, 5.74) is 8.60. The molecule has 2 N–H and O–H groups in total. The molecule has 0 spiro atoms. The van der Waals surface area contributed by atoms with Crippen LogP contribution in [0.3, 0.4) is 0 Å². The van der Waals surface area contributed by atoms with Gasteiger partial charge in [0.05, 0.1) is 5.56 Å². The Morgan fingerprint density at radius 3 is 1.71 bits per heavy atom. The second-order valence-electron chi connectivity index (χ2n) is 5.35. The minimum Gasteiger partial charge on any atom is -0.327 e. The first-order valence-electron chi connectivity index (χ1n) is 6.82. The van der Waals surface area contributed by atoms with Gasteiger partial charge in [0, 0.05) is 6.04 Å². The normalized spacial score (nSPS) is 13.2. The third kappa shape index (κ3) is 4.60. The van der Waals surface area contributed by atoms with Gasteiger partial charge in [0.25, 0.3) is 0 Å². The Hall–Kier alpha value is -1.81. The SMILES string of the molecule is Cc1ccc(CC(N)Cc2ccc(C(F)(F)F)cc2)cc1. The molecule has 0 amide bonds. The molecule has 1 unspecified atom stereocenters. The van der Waals surface area contributed by atoms with E-state index < -0.39 is 11.7 Å². The molecule has 0 aliphatic heterocycles. The van der Waals surface area contributed by atoms with E-state index in [1.807, 2.05) is 31.2 Å². The average Bonchev–Trinajstić information content (AvgIpc) is 2.41. The summed E-state index contributed by atoms with van der Waals surface area (Å²) in [7, 11) is 0. The highest BCUT2D eigenvalue weighted by Gasteiger charge is 2.29. The Morgan fingerprint density at radius 1 is 0.857 bits per heavy atom. The molecule has 1 atom stereocenters. The highest BCUT2D eigenvalue weighted by atomic mass is 19.4. The summed E-state index contributed by atoms with van der Waals surface area (Å²) < 4.78 is 37.4. The highest BCUT2D eigenvalue weighted by molar-refractivity contribution is 5.26. The summed E-state index contributed by atoms with van der Waals surface area (Å²) >= 11 is 0. The van der Waals surface area contributed by atoms with Gasteiger partial charge in [-0.2, -0.15) is 13.2 Å². The fourth-order valence-electron chi connectivity index (χ4n) is 2.23. The number of benzene rings is 2. The Bertz CT molecular complexity index is 570. The van der Waals surface area contributed by atoms with E-state index in [1.165, 1.54) is 17.7 Å². The molecule has 0 heterocycles. The van der Waals surface area contributed by atoms with Crippen LogP contribution in [0.5, 0.6) is 0 Å². The van der Waals surface area contributed by atoms with Crippen molar-refractivity contribution in [3.05, 3.63) is 70.8 Å². The van der Waals surface area contributed by atoms with E-state index >= 15 is 0 Å². The summed E-state index contributed by atoms with van der Waals surface area (Å²) in [6.07, 6.45) is -3.02. The molecule has 1 nitrogen and oxygen atoms in total. The predicted octanol–water partition coefficient (Wildman–Crippen LogP) is 4.13. The largest absolute Gasteiger partial charge is 0.416 e. The van der Waals surface area contributed by atoms with Gasteiger partial charge in [0.1, 0.15) is 0 Å². The lowest BCUT2D eigenvalue weighted by Crippen LogP contribution is -2.25. The first-order chi connectivity index (χ1) is 9.84. The van der Waals surface area contributed by atoms with Crippen LogP contribution in [0.4, 0.5) is 13.2 Å². The number of aryl methyl sites for hydroxylation is 1. The predicted molar refractivity (Wildman–Crippen MR) is 78.0 cm³/mol. The first-order valence-corrected chi connectivity index (χ1v) is 6.82. The van der Waals surface area contributed by atoms with E-state index in [4.69, 9.17) is 5.73 Å². The van der Waals surface area contributed by atoms with Crippen molar-refractivity contribution >= 4 is 0 Å². The van der Waals surface area contributed by atoms with Crippen molar-refractivity contribution in [2.45, 2.75) is 32.0 Å². The number of nitrogens with two attached hydrogens (primary N) is 1. The molecule has 0 aliphatic carbocycles. The molecule has 2 rings (SSSR count). The summed E-state index contributed by atoms with van der Waals surface area (Å²) in [6, 6.07) is 13.2. The zero-order valence-corrected chi connectivity index (χ0v) is 11.8. The van der Waals surface area contributed by atoms with Gasteiger partial charge in [-0.25, -0.2) is 0 Å². The van der Waals surface area contributed by atoms with Gasteiger partial charge in [0.2, 0.25) is 0 Å². The molecule has 2 aromatic rings. The highest BCUT2D eigenvalue weighted by Crippen LogP contribution is 2.29. The maximum atomic E-state index is 12.5. The molecule has 21 heavy (non-hydrogen) atoms. The molecule has 0 aromatic heterocycles. The number of rotatable bonds is 4. The second-order valence-corrected chi connectivity index (χ2v) is 5.35. The van der Waals surface area contributed by atoms with Crippen LogP contribution in [0.2, 0.25) is 0 Å². The van der Waals surface area contributed by atoms with Crippen LogP contribution in [-0.2, 0) is 19.0 Å². The molecule has 2 aromatic carbocycles. The molecule has 0 radical (unpaired) electrons. The summed E-state index contributed by atoms with van der Waals surface area (Å²) in [5, 5.41) is 0. The van der Waals surface area contributed by atoms with Crippen molar-refractivity contribution in [1.82, 2.24) is 0 Å². The molecule has 0 bridgehead atoms. The molecule has 0 fully saturated rings. The molecule has 112 valence electrons. The zero-order chi connectivity index (χ0) is 15.5. The average molecular weight is 293 g/mol. The quantitative estimate of drug-likeness (QED) is 0.901. The number of halogens is 3. The van der Waals surface area contributed by atoms with Gasteiger partial charge >= 0.3 is 6.18 Å². The van der Waals surface area contributed by atoms with E-state index in [-0.39, 0.29) is 6.04 Å². The van der Waals surface area contributed by atoms with Crippen LogP contribution in [0.25, 0.3) is 0 Å². The molecule has 0 saturated heterocycles. The Kier molecular flexibility index (Phi) is 4.68. The van der Waals surface area contributed by atoms with Crippen molar-refractivity contribution in [2.75, 3.05) is 0 Å². The van der Waals surface area contributed by atoms with Gasteiger partial charge in [-0.05, 0) is 43.0 Å². The Balaban J connectivity index is 1.96. The maximum Gasteiger partial charge on any atom is 0.416 e. The van der Waals surface area contributed by atoms with Crippen molar-refractivity contribution in [3.8, 4) is 0 Å². The second kappa shape index (κ2) is 6.31. The fourth-order valence-corrected chi connectivity index (χ4v) is 2.23. The summed E-state index contributed by atoms with van der Waals surface area (Å²) in [5.74, 6) is 0. The molecule has 0 aliphatic rings. The summed E-state index contributed by atoms with van der Waals surface area (Å²) in [4.78, 5) is 0.